The smallest absolute Gasteiger partial charge is 0.407 e. The first-order chi connectivity index (χ1) is 31.9. The van der Waals surface area contributed by atoms with Crippen molar-refractivity contribution in [3.63, 3.8) is 0 Å². The highest BCUT2D eigenvalue weighted by atomic mass is 16.5. The third-order valence-corrected chi connectivity index (χ3v) is 14.2. The third kappa shape index (κ3) is 7.33. The van der Waals surface area contributed by atoms with Gasteiger partial charge >= 0.3 is 12.2 Å². The topological polar surface area (TPSA) is 184 Å². The summed E-state index contributed by atoms with van der Waals surface area (Å²) in [5, 5.41) is 5.46. The monoisotopic (exact) mass is 892 g/mol. The lowest BCUT2D eigenvalue weighted by Crippen LogP contribution is -2.51. The highest BCUT2D eigenvalue weighted by Gasteiger charge is 2.49. The summed E-state index contributed by atoms with van der Waals surface area (Å²) in [6, 6.07) is 24.2. The zero-order chi connectivity index (χ0) is 46.0. The van der Waals surface area contributed by atoms with Crippen LogP contribution in [0.5, 0.6) is 0 Å². The second kappa shape index (κ2) is 16.9. The minimum absolute atomic E-state index is 0.115. The first-order valence-corrected chi connectivity index (χ1v) is 23.0. The van der Waals surface area contributed by atoms with Gasteiger partial charge in [-0.3, -0.25) is 9.59 Å². The van der Waals surface area contributed by atoms with Crippen LogP contribution in [0.25, 0.3) is 55.4 Å². The summed E-state index contributed by atoms with van der Waals surface area (Å²) in [5.74, 6) is 0.978. The number of carbonyl (C=O) groups excluding carboxylic acids is 4. The Morgan fingerprint density at radius 2 is 1.05 bits per heavy atom. The molecule has 0 saturated carbocycles. The van der Waals surface area contributed by atoms with Crippen LogP contribution in [-0.4, -0.2) is 106 Å². The summed E-state index contributed by atoms with van der Waals surface area (Å²) in [6.45, 7) is 10.0. The van der Waals surface area contributed by atoms with E-state index in [0.29, 0.717) is 26.3 Å². The van der Waals surface area contributed by atoms with Gasteiger partial charge in [0.25, 0.3) is 0 Å². The maximum absolute atomic E-state index is 13.8. The van der Waals surface area contributed by atoms with E-state index in [-0.39, 0.29) is 41.1 Å². The summed E-state index contributed by atoms with van der Waals surface area (Å²) in [6.07, 6.45) is 1.99. The second-order valence-corrected chi connectivity index (χ2v) is 18.9. The molecule has 3 fully saturated rings. The molecule has 342 valence electrons. The van der Waals surface area contributed by atoms with Crippen LogP contribution in [0.4, 0.5) is 9.59 Å². The van der Waals surface area contributed by atoms with Gasteiger partial charge in [0, 0.05) is 13.1 Å². The molecule has 3 saturated heterocycles. The van der Waals surface area contributed by atoms with Gasteiger partial charge in [0.15, 0.2) is 0 Å². The molecule has 4 N–H and O–H groups in total. The summed E-state index contributed by atoms with van der Waals surface area (Å²) in [4.78, 5) is 72.4. The molecule has 4 aromatic carbocycles. The molecule has 5 heterocycles. The maximum Gasteiger partial charge on any atom is 0.407 e. The minimum Gasteiger partial charge on any atom is -0.453 e. The Kier molecular flexibility index (Phi) is 11.1. The van der Waals surface area contributed by atoms with Crippen LogP contribution in [0.15, 0.2) is 72.8 Å². The number of aromatic nitrogens is 4. The highest BCUT2D eigenvalue weighted by Crippen LogP contribution is 2.54. The number of alkyl carbamates (subject to hydrolysis) is 2. The number of nitrogens with zero attached hydrogens (tertiary/aromatic N) is 4. The lowest BCUT2D eigenvalue weighted by atomic mass is 9.75. The van der Waals surface area contributed by atoms with Crippen molar-refractivity contribution in [2.24, 2.45) is 11.8 Å². The molecule has 3 aliphatic heterocycles. The number of methoxy groups -OCH3 is 2. The average Bonchev–Trinajstić information content (AvgIpc) is 4.16. The van der Waals surface area contributed by atoms with Crippen molar-refractivity contribution in [1.29, 1.82) is 0 Å². The number of carbonyl (C=O) groups is 4. The van der Waals surface area contributed by atoms with Crippen LogP contribution in [0.3, 0.4) is 0 Å². The van der Waals surface area contributed by atoms with E-state index in [0.717, 1.165) is 81.7 Å². The Balaban J connectivity index is 0.896. The molecule has 4 atom stereocenters. The van der Waals surface area contributed by atoms with Crippen molar-refractivity contribution in [2.75, 3.05) is 40.5 Å². The van der Waals surface area contributed by atoms with Crippen LogP contribution >= 0.6 is 0 Å². The van der Waals surface area contributed by atoms with E-state index in [2.05, 4.69) is 81.3 Å². The predicted octanol–water partition coefficient (Wildman–Crippen LogP) is 8.16. The second-order valence-electron chi connectivity index (χ2n) is 18.9. The fourth-order valence-electron chi connectivity index (χ4n) is 10.6. The largest absolute Gasteiger partial charge is 0.453 e. The molecule has 6 aromatic rings. The molecule has 4 aliphatic rings. The summed E-state index contributed by atoms with van der Waals surface area (Å²) in [5.41, 5.74) is 12.4. The van der Waals surface area contributed by atoms with E-state index in [1.807, 2.05) is 49.6 Å². The molecule has 2 aromatic heterocycles. The molecular weight excluding hydrogens is 837 g/mol. The van der Waals surface area contributed by atoms with E-state index in [9.17, 15) is 19.2 Å². The number of aromatic amines is 2. The minimum atomic E-state index is -0.700. The van der Waals surface area contributed by atoms with Crippen molar-refractivity contribution in [3.8, 4) is 33.4 Å². The lowest BCUT2D eigenvalue weighted by molar-refractivity contribution is -0.136. The summed E-state index contributed by atoms with van der Waals surface area (Å²) < 4.78 is 15.6. The number of rotatable bonds is 10. The average molecular weight is 893 g/mol. The fourth-order valence-corrected chi connectivity index (χ4v) is 10.6. The Labute approximate surface area is 383 Å². The van der Waals surface area contributed by atoms with E-state index < -0.39 is 24.3 Å². The number of benzene rings is 4. The van der Waals surface area contributed by atoms with Crippen LogP contribution in [0.1, 0.15) is 88.2 Å². The molecule has 15 heteroatoms. The number of hydrogen-bond donors (Lipinski definition) is 4. The Morgan fingerprint density at radius 3 is 1.42 bits per heavy atom. The van der Waals surface area contributed by atoms with E-state index in [1.54, 1.807) is 0 Å². The van der Waals surface area contributed by atoms with Gasteiger partial charge in [-0.25, -0.2) is 19.6 Å². The van der Waals surface area contributed by atoms with E-state index >= 15 is 0 Å². The van der Waals surface area contributed by atoms with Crippen LogP contribution < -0.4 is 10.6 Å². The number of imidazole rings is 2. The van der Waals surface area contributed by atoms with Gasteiger partial charge < -0.3 is 44.6 Å². The molecule has 0 radical (unpaired) electrons. The van der Waals surface area contributed by atoms with Crippen molar-refractivity contribution in [1.82, 2.24) is 40.4 Å². The quantitative estimate of drug-likeness (QED) is 0.105. The molecule has 66 heavy (non-hydrogen) atoms. The van der Waals surface area contributed by atoms with Gasteiger partial charge in [-0.1, -0.05) is 64.1 Å². The molecule has 0 unspecified atom stereocenters. The van der Waals surface area contributed by atoms with Gasteiger partial charge in [-0.05, 0) is 118 Å². The Morgan fingerprint density at radius 1 is 0.636 bits per heavy atom. The maximum atomic E-state index is 13.8. The first-order valence-electron chi connectivity index (χ1n) is 23.0. The molecule has 1 aliphatic carbocycles. The zero-order valence-electron chi connectivity index (χ0n) is 38.2. The standard InChI is InChI=1S/C51H56N8O7/c1-27(2)43(56-49(62)64-5)47(60)58-19-7-9-41(58)45-52-37-17-13-31(23-39(37)54-45)29-11-15-33-34-16-12-30(22-36(34)51(25-66-26-51)35(33)21-29)32-14-18-38-40(24-32)55-46(53-38)42-10-8-20-59(42)48(61)44(28(3)4)57-50(63)65-6/h11-18,21-24,27-28,41-44H,7-10,19-20,25-26H2,1-6H3,(H,52,54)(H,53,55)(H,56,62)(H,57,63)/t41-,42-,43-,44-/m0/s1. The normalized spacial score (nSPS) is 19.3. The van der Waals surface area contributed by atoms with Crippen molar-refractivity contribution in [2.45, 2.75) is 83.0 Å². The predicted molar refractivity (Wildman–Crippen MR) is 249 cm³/mol. The number of amides is 4. The summed E-state index contributed by atoms with van der Waals surface area (Å²) >= 11 is 0. The number of nitrogens with one attached hydrogen (secondary N) is 4. The molecule has 1 spiro atoms. The highest BCUT2D eigenvalue weighted by molar-refractivity contribution is 5.91. The van der Waals surface area contributed by atoms with Crippen molar-refractivity contribution in [3.05, 3.63) is 95.6 Å². The first kappa shape index (κ1) is 43.2. The van der Waals surface area contributed by atoms with Gasteiger partial charge in [0.05, 0.1) is 67.0 Å². The number of fused-ring (bicyclic) bond motifs is 7. The van der Waals surface area contributed by atoms with E-state index in [4.69, 9.17) is 24.2 Å². The molecule has 4 amide bonds. The summed E-state index contributed by atoms with van der Waals surface area (Å²) in [7, 11) is 2.60. The molecule has 15 nitrogen and oxygen atoms in total. The number of likely N-dealkylation sites (tertiary alicyclic amines) is 2. The zero-order valence-corrected chi connectivity index (χ0v) is 38.2. The number of ether oxygens (including phenoxy) is 3. The molecular formula is C51H56N8O7. The number of hydrogen-bond acceptors (Lipinski definition) is 9. The fraction of sp³-hybridized carbons (Fsp3) is 0.412. The van der Waals surface area contributed by atoms with E-state index in [1.165, 1.54) is 36.5 Å². The lowest BCUT2D eigenvalue weighted by Gasteiger charge is -2.40. The van der Waals surface area contributed by atoms with Crippen LogP contribution in [0.2, 0.25) is 0 Å². The molecule has 10 rings (SSSR count). The number of H-pyrrole nitrogens is 2. The van der Waals surface area contributed by atoms with Crippen molar-refractivity contribution >= 4 is 46.1 Å². The Hall–Kier alpha value is -6.74. The SMILES string of the molecule is COC(=O)N[C@H](C(=O)N1CCC[C@H]1c1nc2ccc(-c3ccc4c(c3)C3(COC3)c3cc(-c5ccc6nc([C@@H]7CCCN7C(=O)[C@@H](NC(=O)OC)C(C)C)[nH]c6c5)ccc3-4)cc2[nH]1)C(C)C. The third-order valence-electron chi connectivity index (χ3n) is 14.2. The van der Waals surface area contributed by atoms with Crippen LogP contribution in [-0.2, 0) is 29.2 Å². The van der Waals surface area contributed by atoms with Crippen LogP contribution in [0, 0.1) is 11.8 Å². The van der Waals surface area contributed by atoms with Gasteiger partial charge in [-0.2, -0.15) is 0 Å². The molecule has 0 bridgehead atoms. The van der Waals surface area contributed by atoms with Crippen molar-refractivity contribution < 1.29 is 33.4 Å². The Bertz CT molecular complexity index is 2710. The van der Waals surface area contributed by atoms with Gasteiger partial charge in [0.1, 0.15) is 23.7 Å². The van der Waals surface area contributed by atoms with Gasteiger partial charge in [-0.15, -0.1) is 0 Å². The van der Waals surface area contributed by atoms with Gasteiger partial charge in [0.2, 0.25) is 11.8 Å².